The third-order valence-electron chi connectivity index (χ3n) is 8.52. The van der Waals surface area contributed by atoms with E-state index in [0.717, 1.165) is 61.5 Å². The Hall–Kier alpha value is -2.50. The molecule has 1 saturated heterocycles. The molecule has 3 aliphatic rings. The topological polar surface area (TPSA) is 110 Å². The van der Waals surface area contributed by atoms with E-state index in [2.05, 4.69) is 42.3 Å². The first-order valence-corrected chi connectivity index (χ1v) is 17.3. The van der Waals surface area contributed by atoms with Gasteiger partial charge in [0.2, 0.25) is 0 Å². The van der Waals surface area contributed by atoms with Crippen LogP contribution in [0, 0.1) is 5.92 Å². The molecule has 0 aliphatic carbocycles. The van der Waals surface area contributed by atoms with Crippen molar-refractivity contribution in [2.45, 2.75) is 77.7 Å². The number of carbonyl (C=O) groups excluding carboxylic acids is 1. The number of nitrogens with zero attached hydrogens (tertiary/aromatic N) is 3. The van der Waals surface area contributed by atoms with Gasteiger partial charge in [-0.1, -0.05) is 43.0 Å². The number of hydrogen-bond acceptors (Lipinski definition) is 8. The minimum Gasteiger partial charge on any atom is -0.493 e. The van der Waals surface area contributed by atoms with E-state index >= 15 is 0 Å². The molecule has 10 heteroatoms. The molecule has 228 valence electrons. The molecule has 4 rings (SSSR count). The Morgan fingerprint density at radius 2 is 2.02 bits per heavy atom. The van der Waals surface area contributed by atoms with Gasteiger partial charge in [0.1, 0.15) is 11.4 Å². The van der Waals surface area contributed by atoms with Gasteiger partial charge in [-0.3, -0.25) is 4.79 Å². The summed E-state index contributed by atoms with van der Waals surface area (Å²) >= 11 is 0. The molecule has 0 bridgehead atoms. The summed E-state index contributed by atoms with van der Waals surface area (Å²) in [5, 5.41) is 24.3. The lowest BCUT2D eigenvalue weighted by Gasteiger charge is -2.52. The van der Waals surface area contributed by atoms with Crippen LogP contribution in [0.15, 0.2) is 51.7 Å². The number of aliphatic hydroxyl groups is 1. The first-order valence-electron chi connectivity index (χ1n) is 15.1. The smallest absolute Gasteiger partial charge is 0.275 e. The van der Waals surface area contributed by atoms with Crippen LogP contribution in [0.5, 0.6) is 5.75 Å². The molecule has 1 amide bonds. The van der Waals surface area contributed by atoms with Gasteiger partial charge in [0.25, 0.3) is 5.91 Å². The molecule has 0 saturated carbocycles. The maximum Gasteiger partial charge on any atom is 0.275 e. The Bertz CT molecular complexity index is 1300. The second kappa shape index (κ2) is 12.8. The highest BCUT2D eigenvalue weighted by atomic mass is 32.3. The highest BCUT2D eigenvalue weighted by Crippen LogP contribution is 2.73. The summed E-state index contributed by atoms with van der Waals surface area (Å²) in [4.78, 5) is 14.5. The summed E-state index contributed by atoms with van der Waals surface area (Å²) in [6.45, 7) is 17.6. The van der Waals surface area contributed by atoms with E-state index in [9.17, 15) is 9.35 Å². The summed E-state index contributed by atoms with van der Waals surface area (Å²) < 4.78 is 20.4. The number of unbranched alkanes of at least 4 members (excludes halogenated alkanes) is 1. The lowest BCUT2D eigenvalue weighted by atomic mass is 9.96. The number of hydrazone groups is 1. The van der Waals surface area contributed by atoms with Gasteiger partial charge in [-0.15, -0.1) is 5.10 Å². The standard InChI is InChI=1S/C31H49N5O4S/c1-7-12-23(5)36-29(24(6)22(4)8-2)31(38)33-30(34-36)27-19-26(13-14-28(27)40-9-3)41(39,17-18-41)35-20-25(21-35)32-15-10-11-16-37/h13-14,17,19,22,25,32,37,39H,5,7-12,15-16,18,20-21H2,1-4,6H3,(H,33,34,38)/b29-24-. The number of benzene rings is 1. The summed E-state index contributed by atoms with van der Waals surface area (Å²) in [6, 6.07) is 6.12. The number of carbonyl (C=O) groups is 1. The second-order valence-corrected chi connectivity index (χ2v) is 15.4. The van der Waals surface area contributed by atoms with Crippen molar-refractivity contribution in [3.8, 4) is 5.75 Å². The zero-order chi connectivity index (χ0) is 29.8. The average molecular weight is 588 g/mol. The molecular formula is C31H49N5O4S. The Balaban J connectivity index is 1.69. The van der Waals surface area contributed by atoms with Crippen LogP contribution in [0.1, 0.15) is 72.3 Å². The summed E-state index contributed by atoms with van der Waals surface area (Å²) in [5.74, 6) is 1.64. The molecule has 1 aromatic carbocycles. The third-order valence-corrected chi connectivity index (χ3v) is 12.5. The highest BCUT2D eigenvalue weighted by Gasteiger charge is 2.51. The average Bonchev–Trinajstić information content (AvgIpc) is 3.65. The fourth-order valence-corrected chi connectivity index (χ4v) is 9.04. The molecule has 1 fully saturated rings. The van der Waals surface area contributed by atoms with E-state index in [1.54, 1.807) is 5.01 Å². The van der Waals surface area contributed by atoms with Crippen LogP contribution in [0.2, 0.25) is 0 Å². The van der Waals surface area contributed by atoms with Gasteiger partial charge in [0, 0.05) is 42.1 Å². The Kier molecular flexibility index (Phi) is 9.81. The van der Waals surface area contributed by atoms with Crippen molar-refractivity contribution in [3.63, 3.8) is 0 Å². The molecular weight excluding hydrogens is 538 g/mol. The highest BCUT2D eigenvalue weighted by molar-refractivity contribution is 8.47. The number of amides is 1. The minimum absolute atomic E-state index is 0.211. The summed E-state index contributed by atoms with van der Waals surface area (Å²) in [7, 11) is -3.03. The number of amidine groups is 1. The molecule has 1 atom stereocenters. The first-order chi connectivity index (χ1) is 19.6. The first kappa shape index (κ1) is 31.4. The molecule has 41 heavy (non-hydrogen) atoms. The maximum atomic E-state index is 13.7. The lowest BCUT2D eigenvalue weighted by Crippen LogP contribution is -2.58. The predicted molar refractivity (Wildman–Crippen MR) is 169 cm³/mol. The van der Waals surface area contributed by atoms with Crippen molar-refractivity contribution in [1.29, 1.82) is 0 Å². The number of allylic oxidation sites excluding steroid dienone is 2. The lowest BCUT2D eigenvalue weighted by molar-refractivity contribution is -0.118. The van der Waals surface area contributed by atoms with Crippen LogP contribution >= 0.6 is 9.22 Å². The number of nitrogens with one attached hydrogen (secondary N) is 2. The summed E-state index contributed by atoms with van der Waals surface area (Å²) in [6.07, 6.45) is 4.25. The normalized spacial score (nSPS) is 22.8. The van der Waals surface area contributed by atoms with Crippen LogP contribution in [0.25, 0.3) is 0 Å². The van der Waals surface area contributed by atoms with E-state index in [-0.39, 0.29) is 18.4 Å². The van der Waals surface area contributed by atoms with Gasteiger partial charge in [-0.05, 0) is 81.1 Å². The Morgan fingerprint density at radius 3 is 2.63 bits per heavy atom. The number of aliphatic hydroxyl groups excluding tert-OH is 1. The minimum atomic E-state index is -3.03. The van der Waals surface area contributed by atoms with Crippen LogP contribution in [-0.4, -0.2) is 80.7 Å². The van der Waals surface area contributed by atoms with E-state index < -0.39 is 9.22 Å². The van der Waals surface area contributed by atoms with Gasteiger partial charge in [-0.25, -0.2) is 9.31 Å². The van der Waals surface area contributed by atoms with Crippen molar-refractivity contribution in [1.82, 2.24) is 19.9 Å². The number of hydrogen-bond donors (Lipinski definition) is 4. The summed E-state index contributed by atoms with van der Waals surface area (Å²) in [5.41, 5.74) is 2.93. The largest absolute Gasteiger partial charge is 0.493 e. The van der Waals surface area contributed by atoms with Crippen molar-refractivity contribution in [3.05, 3.63) is 47.3 Å². The Morgan fingerprint density at radius 1 is 1.29 bits per heavy atom. The Labute approximate surface area is 245 Å². The van der Waals surface area contributed by atoms with Gasteiger partial charge in [-0.2, -0.15) is 0 Å². The molecule has 0 radical (unpaired) electrons. The molecule has 0 spiro atoms. The molecule has 4 N–H and O–H groups in total. The van der Waals surface area contributed by atoms with Crippen LogP contribution in [-0.2, 0) is 4.79 Å². The van der Waals surface area contributed by atoms with Crippen LogP contribution in [0.4, 0.5) is 0 Å². The SMILES string of the molecule is C=C(CCC)N1N=C(c2cc(S3(O)(N4CC(NCCCCO)C4)=CC3)ccc2OCC)NC(=O)/C1=C(\C)C(C)CC. The molecule has 0 aromatic heterocycles. The van der Waals surface area contributed by atoms with Crippen molar-refractivity contribution in [2.24, 2.45) is 11.0 Å². The zero-order valence-corrected chi connectivity index (χ0v) is 26.2. The van der Waals surface area contributed by atoms with Crippen molar-refractivity contribution in [2.75, 3.05) is 38.6 Å². The van der Waals surface area contributed by atoms with E-state index in [4.69, 9.17) is 14.9 Å². The molecule has 3 heterocycles. The predicted octanol–water partition coefficient (Wildman–Crippen LogP) is 4.76. The van der Waals surface area contributed by atoms with Gasteiger partial charge < -0.3 is 25.0 Å². The van der Waals surface area contributed by atoms with Crippen LogP contribution in [0.3, 0.4) is 0 Å². The molecule has 1 unspecified atom stereocenters. The number of ether oxygens (including phenoxy) is 1. The van der Waals surface area contributed by atoms with E-state index in [0.29, 0.717) is 47.7 Å². The fourth-order valence-electron chi connectivity index (χ4n) is 5.41. The second-order valence-electron chi connectivity index (χ2n) is 11.4. The number of rotatable bonds is 15. The van der Waals surface area contributed by atoms with Crippen LogP contribution < -0.4 is 15.4 Å². The van der Waals surface area contributed by atoms with E-state index in [1.165, 1.54) is 0 Å². The maximum absolute atomic E-state index is 13.7. The van der Waals surface area contributed by atoms with E-state index in [1.807, 2.05) is 37.4 Å². The van der Waals surface area contributed by atoms with Crippen molar-refractivity contribution < 1.29 is 19.2 Å². The zero-order valence-electron chi connectivity index (χ0n) is 25.4. The fraction of sp³-hybridized carbons (Fsp3) is 0.581. The molecule has 9 nitrogen and oxygen atoms in total. The molecule has 1 aromatic rings. The quantitative estimate of drug-likeness (QED) is 0.133. The van der Waals surface area contributed by atoms with Gasteiger partial charge in [0.05, 0.1) is 12.2 Å². The monoisotopic (exact) mass is 587 g/mol. The van der Waals surface area contributed by atoms with Gasteiger partial charge >= 0.3 is 0 Å². The third kappa shape index (κ3) is 6.17. The molecule has 3 aliphatic heterocycles. The van der Waals surface area contributed by atoms with Gasteiger partial charge in [0.15, 0.2) is 5.84 Å². The van der Waals surface area contributed by atoms with Crippen molar-refractivity contribution >= 4 is 26.3 Å².